The number of aryl methyl sites for hydroxylation is 1. The third-order valence-electron chi connectivity index (χ3n) is 3.52. The van der Waals surface area contributed by atoms with Gasteiger partial charge in [-0.15, -0.1) is 0 Å². The molecule has 1 unspecified atom stereocenters. The summed E-state index contributed by atoms with van der Waals surface area (Å²) in [6.07, 6.45) is 1.70. The summed E-state index contributed by atoms with van der Waals surface area (Å²) in [4.78, 5) is -0.231. The maximum atomic E-state index is 13.8. The molecule has 19 heavy (non-hydrogen) atoms. The Bertz CT molecular complexity index is 560. The number of halogens is 1. The molecule has 0 amide bonds. The molecule has 1 aromatic rings. The van der Waals surface area contributed by atoms with E-state index in [2.05, 4.69) is 0 Å². The predicted molar refractivity (Wildman–Crippen MR) is 71.7 cm³/mol. The molecule has 1 aliphatic heterocycles. The first-order chi connectivity index (χ1) is 8.95. The van der Waals surface area contributed by atoms with E-state index in [9.17, 15) is 12.8 Å². The van der Waals surface area contributed by atoms with E-state index in [1.165, 1.54) is 16.4 Å². The van der Waals surface area contributed by atoms with Crippen LogP contribution in [0.3, 0.4) is 0 Å². The number of hydrogen-bond acceptors (Lipinski definition) is 3. The summed E-state index contributed by atoms with van der Waals surface area (Å²) >= 11 is 0. The van der Waals surface area contributed by atoms with Crippen molar-refractivity contribution in [3.8, 4) is 0 Å². The Balaban J connectivity index is 2.34. The molecule has 1 heterocycles. The van der Waals surface area contributed by atoms with Crippen molar-refractivity contribution >= 4 is 10.0 Å². The molecule has 2 N–H and O–H groups in total. The monoisotopic (exact) mass is 286 g/mol. The van der Waals surface area contributed by atoms with Gasteiger partial charge in [0.1, 0.15) is 10.7 Å². The molecule has 0 spiro atoms. The fraction of sp³-hybridized carbons (Fsp3) is 0.538. The molecule has 1 atom stereocenters. The van der Waals surface area contributed by atoms with Crippen LogP contribution in [0.4, 0.5) is 4.39 Å². The summed E-state index contributed by atoms with van der Waals surface area (Å²) in [5.41, 5.74) is 6.33. The first-order valence-corrected chi connectivity index (χ1v) is 7.85. The van der Waals surface area contributed by atoms with Crippen LogP contribution in [0, 0.1) is 18.7 Å². The highest BCUT2D eigenvalue weighted by Gasteiger charge is 2.31. The number of nitrogens with two attached hydrogens (primary N) is 1. The minimum absolute atomic E-state index is 0.163. The number of rotatable bonds is 3. The van der Waals surface area contributed by atoms with Gasteiger partial charge in [0.05, 0.1) is 0 Å². The highest BCUT2D eigenvalue weighted by Crippen LogP contribution is 2.25. The SMILES string of the molecule is Cc1ccc(F)c(S(=O)(=O)N2CCCC(CN)C2)c1. The summed E-state index contributed by atoms with van der Waals surface area (Å²) < 4.78 is 40.1. The highest BCUT2D eigenvalue weighted by molar-refractivity contribution is 7.89. The number of hydrogen-bond donors (Lipinski definition) is 1. The van der Waals surface area contributed by atoms with Crippen molar-refractivity contribution < 1.29 is 12.8 Å². The van der Waals surface area contributed by atoms with E-state index < -0.39 is 15.8 Å². The zero-order chi connectivity index (χ0) is 14.0. The second kappa shape index (κ2) is 5.56. The van der Waals surface area contributed by atoms with Gasteiger partial charge in [0.2, 0.25) is 10.0 Å². The van der Waals surface area contributed by atoms with Crippen molar-refractivity contribution in [3.63, 3.8) is 0 Å². The van der Waals surface area contributed by atoms with Crippen LogP contribution in [-0.4, -0.2) is 32.4 Å². The zero-order valence-electron chi connectivity index (χ0n) is 11.0. The Kier molecular flexibility index (Phi) is 4.23. The molecule has 0 aliphatic carbocycles. The molecular weight excluding hydrogens is 267 g/mol. The van der Waals surface area contributed by atoms with Crippen LogP contribution in [-0.2, 0) is 10.0 Å². The predicted octanol–water partition coefficient (Wildman–Crippen LogP) is 1.49. The van der Waals surface area contributed by atoms with Gasteiger partial charge in [-0.1, -0.05) is 6.07 Å². The van der Waals surface area contributed by atoms with Gasteiger partial charge in [0, 0.05) is 13.1 Å². The maximum absolute atomic E-state index is 13.8. The molecule has 1 aliphatic rings. The standard InChI is InChI=1S/C13H19FN2O2S/c1-10-4-5-12(14)13(7-10)19(17,18)16-6-2-3-11(8-15)9-16/h4-5,7,11H,2-3,6,8-9,15H2,1H3. The number of nitrogens with zero attached hydrogens (tertiary/aromatic N) is 1. The minimum Gasteiger partial charge on any atom is -0.330 e. The lowest BCUT2D eigenvalue weighted by Gasteiger charge is -2.31. The lowest BCUT2D eigenvalue weighted by atomic mass is 10.0. The van der Waals surface area contributed by atoms with Crippen LogP contribution in [0.15, 0.2) is 23.1 Å². The van der Waals surface area contributed by atoms with E-state index in [0.717, 1.165) is 18.4 Å². The number of piperidine rings is 1. The van der Waals surface area contributed by atoms with E-state index in [4.69, 9.17) is 5.73 Å². The minimum atomic E-state index is -3.76. The third-order valence-corrected chi connectivity index (χ3v) is 5.40. The Hall–Kier alpha value is -0.980. The van der Waals surface area contributed by atoms with Crippen molar-refractivity contribution in [2.24, 2.45) is 11.7 Å². The van der Waals surface area contributed by atoms with E-state index in [1.807, 2.05) is 0 Å². The highest BCUT2D eigenvalue weighted by atomic mass is 32.2. The third kappa shape index (κ3) is 2.96. The summed E-state index contributed by atoms with van der Waals surface area (Å²) in [6, 6.07) is 4.15. The Morgan fingerprint density at radius 1 is 1.47 bits per heavy atom. The Morgan fingerprint density at radius 2 is 2.21 bits per heavy atom. The quantitative estimate of drug-likeness (QED) is 0.915. The molecule has 0 aromatic heterocycles. The van der Waals surface area contributed by atoms with Crippen molar-refractivity contribution in [3.05, 3.63) is 29.6 Å². The molecule has 0 bridgehead atoms. The zero-order valence-corrected chi connectivity index (χ0v) is 11.8. The molecule has 0 saturated carbocycles. The molecule has 6 heteroatoms. The van der Waals surface area contributed by atoms with E-state index in [1.54, 1.807) is 13.0 Å². The summed E-state index contributed by atoms with van der Waals surface area (Å²) in [5, 5.41) is 0. The summed E-state index contributed by atoms with van der Waals surface area (Å²) in [5.74, 6) is -0.531. The van der Waals surface area contributed by atoms with Crippen LogP contribution >= 0.6 is 0 Å². The molecule has 1 saturated heterocycles. The first-order valence-electron chi connectivity index (χ1n) is 6.41. The van der Waals surface area contributed by atoms with Crippen LogP contribution in [0.1, 0.15) is 18.4 Å². The Morgan fingerprint density at radius 3 is 2.89 bits per heavy atom. The van der Waals surface area contributed by atoms with Gasteiger partial charge in [-0.2, -0.15) is 4.31 Å². The van der Waals surface area contributed by atoms with E-state index in [0.29, 0.717) is 19.6 Å². The lowest BCUT2D eigenvalue weighted by molar-refractivity contribution is 0.270. The van der Waals surface area contributed by atoms with Gasteiger partial charge in [0.15, 0.2) is 0 Å². The topological polar surface area (TPSA) is 63.4 Å². The van der Waals surface area contributed by atoms with Gasteiger partial charge in [0.25, 0.3) is 0 Å². The summed E-state index contributed by atoms with van der Waals surface area (Å²) in [6.45, 7) is 3.03. The van der Waals surface area contributed by atoms with Crippen LogP contribution in [0.2, 0.25) is 0 Å². The maximum Gasteiger partial charge on any atom is 0.246 e. The Labute approximate surface area is 113 Å². The molecule has 1 fully saturated rings. The van der Waals surface area contributed by atoms with Crippen molar-refractivity contribution in [1.82, 2.24) is 4.31 Å². The van der Waals surface area contributed by atoms with Crippen molar-refractivity contribution in [2.75, 3.05) is 19.6 Å². The van der Waals surface area contributed by atoms with Crippen molar-refractivity contribution in [1.29, 1.82) is 0 Å². The second-order valence-corrected chi connectivity index (χ2v) is 6.95. The first kappa shape index (κ1) is 14.4. The average Bonchev–Trinajstić information content (AvgIpc) is 2.41. The van der Waals surface area contributed by atoms with Gasteiger partial charge in [-0.3, -0.25) is 0 Å². The molecule has 0 radical (unpaired) electrons. The van der Waals surface area contributed by atoms with Crippen molar-refractivity contribution in [2.45, 2.75) is 24.7 Å². The van der Waals surface area contributed by atoms with Gasteiger partial charge in [-0.05, 0) is 49.9 Å². The van der Waals surface area contributed by atoms with Gasteiger partial charge in [-0.25, -0.2) is 12.8 Å². The van der Waals surface area contributed by atoms with Crippen LogP contribution in [0.25, 0.3) is 0 Å². The van der Waals surface area contributed by atoms with Gasteiger partial charge < -0.3 is 5.73 Å². The normalized spacial score (nSPS) is 21.5. The molecule has 1 aromatic carbocycles. The lowest BCUT2D eigenvalue weighted by Crippen LogP contribution is -2.42. The number of sulfonamides is 1. The van der Waals surface area contributed by atoms with Gasteiger partial charge >= 0.3 is 0 Å². The van der Waals surface area contributed by atoms with E-state index in [-0.39, 0.29) is 10.8 Å². The van der Waals surface area contributed by atoms with Crippen LogP contribution in [0.5, 0.6) is 0 Å². The number of benzene rings is 1. The molecular formula is C13H19FN2O2S. The fourth-order valence-corrected chi connectivity index (χ4v) is 4.09. The second-order valence-electron chi connectivity index (χ2n) is 5.04. The smallest absolute Gasteiger partial charge is 0.246 e. The fourth-order valence-electron chi connectivity index (χ4n) is 2.38. The van der Waals surface area contributed by atoms with Crippen LogP contribution < -0.4 is 5.73 Å². The molecule has 106 valence electrons. The van der Waals surface area contributed by atoms with E-state index >= 15 is 0 Å². The average molecular weight is 286 g/mol. The summed E-state index contributed by atoms with van der Waals surface area (Å²) in [7, 11) is -3.76. The largest absolute Gasteiger partial charge is 0.330 e. The molecule has 2 rings (SSSR count). The molecule has 4 nitrogen and oxygen atoms in total.